The standard InChI is InChI=1S/C16H15NO2S/c1-11-2-6-14(7-3-11)20(19)16(10-17)13-5-4-12(8-13)15(16)9-18/h2-7,9,12-13,15H,8H2,1H3/t12-,13+,15-,16-,20?/m0/s1. The van der Waals surface area contributed by atoms with Crippen LogP contribution >= 0.6 is 0 Å². The highest BCUT2D eigenvalue weighted by atomic mass is 32.2. The van der Waals surface area contributed by atoms with Crippen molar-refractivity contribution in [2.24, 2.45) is 17.8 Å². The molecule has 1 aromatic rings. The van der Waals surface area contributed by atoms with Gasteiger partial charge in [-0.15, -0.1) is 0 Å². The lowest BCUT2D eigenvalue weighted by Crippen LogP contribution is -2.45. The predicted octanol–water partition coefficient (Wildman–Crippen LogP) is 2.39. The van der Waals surface area contributed by atoms with E-state index in [-0.39, 0.29) is 11.8 Å². The summed E-state index contributed by atoms with van der Waals surface area (Å²) in [7, 11) is -1.50. The largest absolute Gasteiger partial charge is 0.303 e. The zero-order valence-electron chi connectivity index (χ0n) is 11.2. The van der Waals surface area contributed by atoms with E-state index in [0.717, 1.165) is 18.3 Å². The number of carbonyl (C=O) groups excluding carboxylic acids is 1. The van der Waals surface area contributed by atoms with Crippen LogP contribution < -0.4 is 0 Å². The fourth-order valence-electron chi connectivity index (χ4n) is 3.40. The van der Waals surface area contributed by atoms with Crippen molar-refractivity contribution < 1.29 is 9.00 Å². The molecule has 0 radical (unpaired) electrons. The second-order valence-electron chi connectivity index (χ2n) is 5.54. The third-order valence-electron chi connectivity index (χ3n) is 4.49. The second-order valence-corrected chi connectivity index (χ2v) is 7.22. The fourth-order valence-corrected chi connectivity index (χ4v) is 5.18. The Morgan fingerprint density at radius 3 is 2.65 bits per heavy atom. The molecule has 20 heavy (non-hydrogen) atoms. The van der Waals surface area contributed by atoms with E-state index in [1.165, 1.54) is 0 Å². The molecule has 2 aliphatic rings. The van der Waals surface area contributed by atoms with Gasteiger partial charge in [0.25, 0.3) is 0 Å². The van der Waals surface area contributed by atoms with E-state index in [1.54, 1.807) is 12.1 Å². The van der Waals surface area contributed by atoms with Crippen molar-refractivity contribution in [2.75, 3.05) is 0 Å². The van der Waals surface area contributed by atoms with Crippen LogP contribution in [-0.2, 0) is 15.6 Å². The number of rotatable bonds is 3. The highest BCUT2D eigenvalue weighted by molar-refractivity contribution is 7.87. The summed E-state index contributed by atoms with van der Waals surface area (Å²) < 4.78 is 11.9. The van der Waals surface area contributed by atoms with Gasteiger partial charge < -0.3 is 4.79 Å². The maximum absolute atomic E-state index is 13.0. The molecular formula is C16H15NO2S. The molecule has 0 N–H and O–H groups in total. The second kappa shape index (κ2) is 4.68. The molecule has 0 amide bonds. The first kappa shape index (κ1) is 13.3. The Kier molecular flexibility index (Phi) is 3.10. The first-order chi connectivity index (χ1) is 9.63. The minimum Gasteiger partial charge on any atom is -0.303 e. The van der Waals surface area contributed by atoms with Gasteiger partial charge in [-0.2, -0.15) is 5.26 Å². The smallest absolute Gasteiger partial charge is 0.153 e. The SMILES string of the molecule is Cc1ccc(S(=O)[C@@]2(C#N)[C@@H]3C=C[C@@H](C3)[C@@H]2C=O)cc1. The van der Waals surface area contributed by atoms with E-state index in [2.05, 4.69) is 6.07 Å². The molecule has 0 aliphatic heterocycles. The van der Waals surface area contributed by atoms with Crippen molar-refractivity contribution in [3.8, 4) is 6.07 Å². The molecule has 1 fully saturated rings. The van der Waals surface area contributed by atoms with E-state index in [1.807, 2.05) is 31.2 Å². The topological polar surface area (TPSA) is 57.9 Å². The third kappa shape index (κ3) is 1.63. The van der Waals surface area contributed by atoms with E-state index in [0.29, 0.717) is 4.90 Å². The van der Waals surface area contributed by atoms with Crippen molar-refractivity contribution >= 4 is 17.1 Å². The van der Waals surface area contributed by atoms with E-state index in [4.69, 9.17) is 0 Å². The van der Waals surface area contributed by atoms with Gasteiger partial charge in [0.2, 0.25) is 0 Å². The molecule has 3 rings (SSSR count). The number of hydrogen-bond donors (Lipinski definition) is 0. The minimum absolute atomic E-state index is 0.0616. The average molecular weight is 285 g/mol. The number of carbonyl (C=O) groups is 1. The van der Waals surface area contributed by atoms with Crippen molar-refractivity contribution in [2.45, 2.75) is 23.0 Å². The van der Waals surface area contributed by atoms with E-state index in [9.17, 15) is 14.3 Å². The summed E-state index contributed by atoms with van der Waals surface area (Å²) in [4.78, 5) is 12.1. The van der Waals surface area contributed by atoms with Crippen LogP contribution in [0.1, 0.15) is 12.0 Å². The monoisotopic (exact) mass is 285 g/mol. The average Bonchev–Trinajstić information content (AvgIpc) is 3.06. The molecule has 0 spiro atoms. The van der Waals surface area contributed by atoms with Crippen molar-refractivity contribution in [1.82, 2.24) is 0 Å². The number of fused-ring (bicyclic) bond motifs is 2. The molecular weight excluding hydrogens is 270 g/mol. The molecule has 3 nitrogen and oxygen atoms in total. The number of nitriles is 1. The zero-order chi connectivity index (χ0) is 14.3. The maximum atomic E-state index is 13.0. The maximum Gasteiger partial charge on any atom is 0.153 e. The Balaban J connectivity index is 2.08. The van der Waals surface area contributed by atoms with Crippen LogP contribution in [0.25, 0.3) is 0 Å². The molecule has 0 heterocycles. The van der Waals surface area contributed by atoms with Crippen LogP contribution in [0, 0.1) is 36.0 Å². The van der Waals surface area contributed by atoms with Crippen LogP contribution in [0.5, 0.6) is 0 Å². The van der Waals surface area contributed by atoms with Gasteiger partial charge in [-0.05, 0) is 31.4 Å². The Morgan fingerprint density at radius 1 is 1.35 bits per heavy atom. The third-order valence-corrected chi connectivity index (χ3v) is 6.47. The molecule has 0 aromatic heterocycles. The highest BCUT2D eigenvalue weighted by Crippen LogP contribution is 2.53. The van der Waals surface area contributed by atoms with Crippen LogP contribution in [0.2, 0.25) is 0 Å². The molecule has 1 unspecified atom stereocenters. The first-order valence-corrected chi connectivity index (χ1v) is 7.82. The number of nitrogens with zero attached hydrogens (tertiary/aromatic N) is 1. The Morgan fingerprint density at radius 2 is 2.05 bits per heavy atom. The summed E-state index contributed by atoms with van der Waals surface area (Å²) in [5.41, 5.74) is 1.08. The van der Waals surface area contributed by atoms with Gasteiger partial charge in [0.1, 0.15) is 6.29 Å². The summed E-state index contributed by atoms with van der Waals surface area (Å²) in [6.07, 6.45) is 5.53. The summed E-state index contributed by atoms with van der Waals surface area (Å²) in [6, 6.07) is 9.60. The molecule has 2 bridgehead atoms. The minimum atomic E-state index is -1.50. The number of aryl methyl sites for hydroxylation is 1. The van der Waals surface area contributed by atoms with Crippen LogP contribution in [0.4, 0.5) is 0 Å². The number of aldehydes is 1. The van der Waals surface area contributed by atoms with Crippen molar-refractivity contribution in [3.63, 3.8) is 0 Å². The van der Waals surface area contributed by atoms with Crippen LogP contribution in [0.15, 0.2) is 41.3 Å². The number of benzene rings is 1. The summed E-state index contributed by atoms with van der Waals surface area (Å²) in [5, 5.41) is 9.69. The Labute approximate surface area is 120 Å². The lowest BCUT2D eigenvalue weighted by atomic mass is 9.84. The predicted molar refractivity (Wildman–Crippen MR) is 76.2 cm³/mol. The van der Waals surface area contributed by atoms with Crippen LogP contribution in [-0.4, -0.2) is 15.2 Å². The highest BCUT2D eigenvalue weighted by Gasteiger charge is 2.60. The molecule has 1 saturated carbocycles. The molecule has 2 aliphatic carbocycles. The normalized spacial score (nSPS) is 35.7. The van der Waals surface area contributed by atoms with Gasteiger partial charge in [0.05, 0.1) is 22.8 Å². The Bertz CT molecular complexity index is 643. The van der Waals surface area contributed by atoms with E-state index < -0.39 is 21.5 Å². The van der Waals surface area contributed by atoms with Gasteiger partial charge in [-0.1, -0.05) is 29.8 Å². The summed E-state index contributed by atoms with van der Waals surface area (Å²) in [5.74, 6) is -0.494. The lowest BCUT2D eigenvalue weighted by molar-refractivity contribution is -0.112. The molecule has 102 valence electrons. The number of allylic oxidation sites excluding steroid dienone is 2. The van der Waals surface area contributed by atoms with Gasteiger partial charge >= 0.3 is 0 Å². The van der Waals surface area contributed by atoms with Gasteiger partial charge in [0, 0.05) is 10.8 Å². The lowest BCUT2D eigenvalue weighted by Gasteiger charge is -2.32. The van der Waals surface area contributed by atoms with Crippen molar-refractivity contribution in [3.05, 3.63) is 42.0 Å². The van der Waals surface area contributed by atoms with Gasteiger partial charge in [0.15, 0.2) is 4.75 Å². The van der Waals surface area contributed by atoms with E-state index >= 15 is 0 Å². The Hall–Kier alpha value is -1.73. The van der Waals surface area contributed by atoms with Crippen molar-refractivity contribution in [1.29, 1.82) is 5.26 Å². The zero-order valence-corrected chi connectivity index (χ0v) is 12.0. The quantitative estimate of drug-likeness (QED) is 0.633. The van der Waals surface area contributed by atoms with Crippen LogP contribution in [0.3, 0.4) is 0 Å². The summed E-state index contributed by atoms with van der Waals surface area (Å²) in [6.45, 7) is 1.96. The van der Waals surface area contributed by atoms with Gasteiger partial charge in [-0.25, -0.2) is 0 Å². The van der Waals surface area contributed by atoms with Gasteiger partial charge in [-0.3, -0.25) is 4.21 Å². The molecule has 4 heteroatoms. The molecule has 5 atom stereocenters. The molecule has 0 saturated heterocycles. The molecule has 1 aromatic carbocycles. The first-order valence-electron chi connectivity index (χ1n) is 6.67. The summed E-state index contributed by atoms with van der Waals surface area (Å²) >= 11 is 0. The number of hydrogen-bond acceptors (Lipinski definition) is 3. The fraction of sp³-hybridized carbons (Fsp3) is 0.375.